The van der Waals surface area contributed by atoms with Crippen molar-refractivity contribution < 1.29 is 5.11 Å². The molecule has 0 saturated carbocycles. The Balaban J connectivity index is 1.89. The standard InChI is InChI=1S/C15H22BrNO/c1-2-3-12-6-8-17(9-7-12)11-13-10-14(16)4-5-15(13)18/h4-5,10,12,18H,2-3,6-9,11H2,1H3. The first-order chi connectivity index (χ1) is 8.69. The largest absolute Gasteiger partial charge is 0.508 e. The Kier molecular flexibility index (Phi) is 5.07. The molecule has 1 saturated heterocycles. The van der Waals surface area contributed by atoms with E-state index in [1.807, 2.05) is 12.1 Å². The average molecular weight is 312 g/mol. The summed E-state index contributed by atoms with van der Waals surface area (Å²) >= 11 is 3.46. The lowest BCUT2D eigenvalue weighted by molar-refractivity contribution is 0.170. The molecule has 2 nitrogen and oxygen atoms in total. The fourth-order valence-electron chi connectivity index (χ4n) is 2.76. The number of piperidine rings is 1. The van der Waals surface area contributed by atoms with Gasteiger partial charge in [0.15, 0.2) is 0 Å². The van der Waals surface area contributed by atoms with Crippen LogP contribution in [0.1, 0.15) is 38.2 Å². The molecule has 0 bridgehead atoms. The lowest BCUT2D eigenvalue weighted by Crippen LogP contribution is -2.33. The minimum Gasteiger partial charge on any atom is -0.508 e. The normalized spacial score (nSPS) is 18.1. The zero-order valence-electron chi connectivity index (χ0n) is 11.0. The van der Waals surface area contributed by atoms with Gasteiger partial charge in [0.05, 0.1) is 0 Å². The van der Waals surface area contributed by atoms with Crippen LogP contribution in [0.2, 0.25) is 0 Å². The van der Waals surface area contributed by atoms with Crippen LogP contribution in [0, 0.1) is 5.92 Å². The molecule has 1 aromatic rings. The molecule has 100 valence electrons. The van der Waals surface area contributed by atoms with E-state index in [1.165, 1.54) is 25.7 Å². The molecule has 1 aliphatic rings. The number of aromatic hydroxyl groups is 1. The molecular weight excluding hydrogens is 290 g/mol. The smallest absolute Gasteiger partial charge is 0.120 e. The van der Waals surface area contributed by atoms with Crippen LogP contribution in [0.5, 0.6) is 5.75 Å². The van der Waals surface area contributed by atoms with Crippen LogP contribution < -0.4 is 0 Å². The van der Waals surface area contributed by atoms with Crippen molar-refractivity contribution in [3.63, 3.8) is 0 Å². The van der Waals surface area contributed by atoms with Gasteiger partial charge in [-0.2, -0.15) is 0 Å². The lowest BCUT2D eigenvalue weighted by atomic mass is 9.92. The summed E-state index contributed by atoms with van der Waals surface area (Å²) in [5.41, 5.74) is 1.03. The summed E-state index contributed by atoms with van der Waals surface area (Å²) in [6, 6.07) is 5.67. The van der Waals surface area contributed by atoms with E-state index in [0.29, 0.717) is 5.75 Å². The quantitative estimate of drug-likeness (QED) is 0.902. The summed E-state index contributed by atoms with van der Waals surface area (Å²) in [5, 5.41) is 9.85. The zero-order valence-corrected chi connectivity index (χ0v) is 12.6. The van der Waals surface area contributed by atoms with Crippen LogP contribution in [-0.2, 0) is 6.54 Å². The number of hydrogen-bond acceptors (Lipinski definition) is 2. The molecule has 0 aromatic heterocycles. The number of benzene rings is 1. The van der Waals surface area contributed by atoms with Gasteiger partial charge >= 0.3 is 0 Å². The van der Waals surface area contributed by atoms with Crippen LogP contribution in [0.3, 0.4) is 0 Å². The van der Waals surface area contributed by atoms with Gasteiger partial charge < -0.3 is 5.11 Å². The van der Waals surface area contributed by atoms with Gasteiger partial charge in [0.1, 0.15) is 5.75 Å². The number of phenols is 1. The van der Waals surface area contributed by atoms with E-state index in [0.717, 1.165) is 35.6 Å². The average Bonchev–Trinajstić information content (AvgIpc) is 2.37. The number of hydrogen-bond donors (Lipinski definition) is 1. The van der Waals surface area contributed by atoms with E-state index in [1.54, 1.807) is 6.07 Å². The van der Waals surface area contributed by atoms with Crippen LogP contribution in [-0.4, -0.2) is 23.1 Å². The monoisotopic (exact) mass is 311 g/mol. The molecule has 1 aromatic carbocycles. The van der Waals surface area contributed by atoms with Crippen molar-refractivity contribution >= 4 is 15.9 Å². The van der Waals surface area contributed by atoms with Gasteiger partial charge in [-0.3, -0.25) is 4.90 Å². The Hall–Kier alpha value is -0.540. The Bertz CT molecular complexity index is 386. The molecule has 1 N–H and O–H groups in total. The summed E-state index contributed by atoms with van der Waals surface area (Å²) < 4.78 is 1.04. The SMILES string of the molecule is CCCC1CCN(Cc2cc(Br)ccc2O)CC1. The molecule has 0 atom stereocenters. The molecule has 0 radical (unpaired) electrons. The van der Waals surface area contributed by atoms with E-state index in [-0.39, 0.29) is 0 Å². The molecule has 3 heteroatoms. The van der Waals surface area contributed by atoms with E-state index in [4.69, 9.17) is 0 Å². The highest BCUT2D eigenvalue weighted by Crippen LogP contribution is 2.26. The second-order valence-corrected chi connectivity index (χ2v) is 6.20. The van der Waals surface area contributed by atoms with E-state index in [2.05, 4.69) is 27.8 Å². The van der Waals surface area contributed by atoms with Gasteiger partial charge in [-0.15, -0.1) is 0 Å². The maximum Gasteiger partial charge on any atom is 0.120 e. The number of likely N-dealkylation sites (tertiary alicyclic amines) is 1. The maximum atomic E-state index is 9.85. The molecule has 18 heavy (non-hydrogen) atoms. The summed E-state index contributed by atoms with van der Waals surface area (Å²) in [6.07, 6.45) is 5.29. The number of phenolic OH excluding ortho intramolecular Hbond substituents is 1. The van der Waals surface area contributed by atoms with Gasteiger partial charge in [-0.25, -0.2) is 0 Å². The third-order valence-corrected chi connectivity index (χ3v) is 4.33. The van der Waals surface area contributed by atoms with Gasteiger partial charge in [0, 0.05) is 16.6 Å². The third kappa shape index (κ3) is 3.72. The van der Waals surface area contributed by atoms with Crippen molar-refractivity contribution in [3.8, 4) is 5.75 Å². The van der Waals surface area contributed by atoms with Crippen LogP contribution in [0.15, 0.2) is 22.7 Å². The highest BCUT2D eigenvalue weighted by Gasteiger charge is 2.19. The number of nitrogens with zero attached hydrogens (tertiary/aromatic N) is 1. The predicted molar refractivity (Wildman–Crippen MR) is 78.7 cm³/mol. The second kappa shape index (κ2) is 6.58. The molecule has 2 rings (SSSR count). The summed E-state index contributed by atoms with van der Waals surface area (Å²) in [4.78, 5) is 2.45. The Morgan fingerprint density at radius 1 is 1.33 bits per heavy atom. The second-order valence-electron chi connectivity index (χ2n) is 5.28. The van der Waals surface area contributed by atoms with Crippen LogP contribution in [0.4, 0.5) is 0 Å². The first-order valence-electron chi connectivity index (χ1n) is 6.88. The van der Waals surface area contributed by atoms with E-state index in [9.17, 15) is 5.11 Å². The minimum atomic E-state index is 0.411. The van der Waals surface area contributed by atoms with Gasteiger partial charge in [0.25, 0.3) is 0 Å². The third-order valence-electron chi connectivity index (χ3n) is 3.84. The minimum absolute atomic E-state index is 0.411. The van der Waals surface area contributed by atoms with Gasteiger partial charge in [-0.1, -0.05) is 35.7 Å². The van der Waals surface area contributed by atoms with Crippen LogP contribution in [0.25, 0.3) is 0 Å². The maximum absolute atomic E-state index is 9.85. The van der Waals surface area contributed by atoms with Crippen molar-refractivity contribution in [2.45, 2.75) is 39.2 Å². The van der Waals surface area contributed by atoms with E-state index < -0.39 is 0 Å². The first-order valence-corrected chi connectivity index (χ1v) is 7.68. The Labute approximate surface area is 118 Å². The molecule has 0 amide bonds. The van der Waals surface area contributed by atoms with Crippen molar-refractivity contribution in [2.24, 2.45) is 5.92 Å². The first kappa shape index (κ1) is 13.9. The van der Waals surface area contributed by atoms with Crippen LogP contribution >= 0.6 is 15.9 Å². The summed E-state index contributed by atoms with van der Waals surface area (Å²) in [5.74, 6) is 1.33. The van der Waals surface area contributed by atoms with Crippen molar-refractivity contribution in [1.82, 2.24) is 4.90 Å². The Morgan fingerprint density at radius 2 is 2.06 bits per heavy atom. The van der Waals surface area contributed by atoms with Crippen molar-refractivity contribution in [3.05, 3.63) is 28.2 Å². The highest BCUT2D eigenvalue weighted by atomic mass is 79.9. The number of rotatable bonds is 4. The molecular formula is C15H22BrNO. The predicted octanol–water partition coefficient (Wildman–Crippen LogP) is 4.17. The fourth-order valence-corrected chi connectivity index (χ4v) is 3.17. The van der Waals surface area contributed by atoms with Gasteiger partial charge in [0.2, 0.25) is 0 Å². The molecule has 1 aliphatic heterocycles. The van der Waals surface area contributed by atoms with Gasteiger partial charge in [-0.05, 0) is 50.0 Å². The number of halogens is 1. The molecule has 0 aliphatic carbocycles. The van der Waals surface area contributed by atoms with Crippen molar-refractivity contribution in [2.75, 3.05) is 13.1 Å². The van der Waals surface area contributed by atoms with E-state index >= 15 is 0 Å². The molecule has 0 spiro atoms. The van der Waals surface area contributed by atoms with Crippen molar-refractivity contribution in [1.29, 1.82) is 0 Å². The summed E-state index contributed by atoms with van der Waals surface area (Å²) in [6.45, 7) is 5.46. The molecule has 1 fully saturated rings. The lowest BCUT2D eigenvalue weighted by Gasteiger charge is -2.32. The molecule has 0 unspecified atom stereocenters. The highest BCUT2D eigenvalue weighted by molar-refractivity contribution is 9.10. The summed E-state index contributed by atoms with van der Waals surface area (Å²) in [7, 11) is 0. The fraction of sp³-hybridized carbons (Fsp3) is 0.600. The topological polar surface area (TPSA) is 23.5 Å². The zero-order chi connectivity index (χ0) is 13.0. The molecule has 1 heterocycles. The Morgan fingerprint density at radius 3 is 2.72 bits per heavy atom.